The van der Waals surface area contributed by atoms with Gasteiger partial charge in [-0.05, 0) is 64.7 Å². The minimum atomic E-state index is -3.73. The first-order valence-corrected chi connectivity index (χ1v) is 10.5. The van der Waals surface area contributed by atoms with E-state index in [0.717, 1.165) is 11.1 Å². The number of sulfonamides is 1. The molecule has 1 aromatic heterocycles. The number of benzene rings is 2. The Labute approximate surface area is 166 Å². The topological polar surface area (TPSA) is 64.0 Å². The van der Waals surface area contributed by atoms with Crippen LogP contribution >= 0.6 is 27.5 Å². The fourth-order valence-corrected chi connectivity index (χ4v) is 4.52. The van der Waals surface area contributed by atoms with E-state index in [1.165, 1.54) is 0 Å². The van der Waals surface area contributed by atoms with Gasteiger partial charge in [0, 0.05) is 11.2 Å². The molecule has 3 rings (SSSR count). The lowest BCUT2D eigenvalue weighted by Gasteiger charge is -2.09. The first kappa shape index (κ1) is 18.9. The molecule has 0 bridgehead atoms. The molecule has 0 fully saturated rings. The predicted octanol–water partition coefficient (Wildman–Crippen LogP) is 4.76. The van der Waals surface area contributed by atoms with Crippen LogP contribution in [0, 0.1) is 13.8 Å². The van der Waals surface area contributed by atoms with Crippen LogP contribution in [0.15, 0.2) is 58.0 Å². The van der Waals surface area contributed by atoms with Crippen LogP contribution in [0.25, 0.3) is 0 Å². The van der Waals surface area contributed by atoms with E-state index in [-0.39, 0.29) is 10.7 Å². The Hall–Kier alpha value is -1.83. The lowest BCUT2D eigenvalue weighted by molar-refractivity contribution is 0.600. The van der Waals surface area contributed by atoms with Gasteiger partial charge in [-0.3, -0.25) is 9.40 Å². The van der Waals surface area contributed by atoms with E-state index in [0.29, 0.717) is 21.6 Å². The third-order valence-corrected chi connectivity index (χ3v) is 6.15. The normalized spacial score (nSPS) is 11.5. The first-order chi connectivity index (χ1) is 12.2. The monoisotopic (exact) mass is 453 g/mol. The smallest absolute Gasteiger partial charge is 0.263 e. The number of rotatable bonds is 5. The van der Waals surface area contributed by atoms with Crippen LogP contribution in [0.2, 0.25) is 5.02 Å². The van der Waals surface area contributed by atoms with Crippen LogP contribution in [0.5, 0.6) is 0 Å². The molecule has 0 amide bonds. The minimum Gasteiger partial charge on any atom is -0.265 e. The lowest BCUT2D eigenvalue weighted by Crippen LogP contribution is -2.15. The molecule has 0 unspecified atom stereocenters. The number of hydrogen-bond acceptors (Lipinski definition) is 3. The second-order valence-electron chi connectivity index (χ2n) is 6.02. The average Bonchev–Trinajstić information content (AvgIpc) is 2.90. The fourth-order valence-electron chi connectivity index (χ4n) is 2.50. The van der Waals surface area contributed by atoms with Crippen molar-refractivity contribution in [2.75, 3.05) is 4.72 Å². The summed E-state index contributed by atoms with van der Waals surface area (Å²) in [5.74, 6) is 0.250. The Morgan fingerprint density at radius 3 is 2.54 bits per heavy atom. The molecule has 2 aromatic carbocycles. The summed E-state index contributed by atoms with van der Waals surface area (Å²) in [5.41, 5.74) is 2.57. The van der Waals surface area contributed by atoms with Crippen LogP contribution in [-0.2, 0) is 16.6 Å². The Bertz CT molecular complexity index is 1050. The summed E-state index contributed by atoms with van der Waals surface area (Å²) in [7, 11) is -3.73. The Morgan fingerprint density at radius 1 is 1.15 bits per heavy atom. The Balaban J connectivity index is 1.85. The molecular formula is C18H17BrClN3O2S. The SMILES string of the molecule is Cc1ccc(C)c(S(=O)(=O)Nc2nn(Cc3ccc(Cl)cc3)cc2Br)c1. The van der Waals surface area contributed by atoms with Crippen molar-refractivity contribution in [2.45, 2.75) is 25.3 Å². The third-order valence-electron chi connectivity index (χ3n) is 3.84. The average molecular weight is 455 g/mol. The largest absolute Gasteiger partial charge is 0.265 e. The van der Waals surface area contributed by atoms with E-state index in [1.54, 1.807) is 42.1 Å². The maximum absolute atomic E-state index is 12.7. The molecule has 1 heterocycles. The van der Waals surface area contributed by atoms with Gasteiger partial charge in [0.1, 0.15) is 0 Å². The quantitative estimate of drug-likeness (QED) is 0.604. The van der Waals surface area contributed by atoms with E-state index in [2.05, 4.69) is 25.8 Å². The van der Waals surface area contributed by atoms with E-state index < -0.39 is 10.0 Å². The zero-order chi connectivity index (χ0) is 18.9. The van der Waals surface area contributed by atoms with E-state index in [1.807, 2.05) is 25.1 Å². The molecule has 0 aliphatic rings. The number of nitrogens with one attached hydrogen (secondary N) is 1. The molecule has 0 atom stereocenters. The molecule has 0 radical (unpaired) electrons. The molecule has 0 aliphatic carbocycles. The van der Waals surface area contributed by atoms with E-state index in [4.69, 9.17) is 11.6 Å². The number of aromatic nitrogens is 2. The first-order valence-electron chi connectivity index (χ1n) is 7.82. The van der Waals surface area contributed by atoms with Crippen LogP contribution in [0.4, 0.5) is 5.82 Å². The predicted molar refractivity (Wildman–Crippen MR) is 107 cm³/mol. The maximum Gasteiger partial charge on any atom is 0.263 e. The molecular weight excluding hydrogens is 438 g/mol. The molecule has 5 nitrogen and oxygen atoms in total. The summed E-state index contributed by atoms with van der Waals surface area (Å²) in [6, 6.07) is 12.7. The van der Waals surface area contributed by atoms with Gasteiger partial charge >= 0.3 is 0 Å². The van der Waals surface area contributed by atoms with Gasteiger partial charge in [0.25, 0.3) is 10.0 Å². The summed E-state index contributed by atoms with van der Waals surface area (Å²) in [5, 5.41) is 5.00. The molecule has 0 saturated heterocycles. The summed E-state index contributed by atoms with van der Waals surface area (Å²) in [6.45, 7) is 4.12. The summed E-state index contributed by atoms with van der Waals surface area (Å²) >= 11 is 9.26. The van der Waals surface area contributed by atoms with Crippen LogP contribution < -0.4 is 4.72 Å². The Kier molecular flexibility index (Phi) is 5.41. The number of nitrogens with zero attached hydrogens (tertiary/aromatic N) is 2. The highest BCUT2D eigenvalue weighted by Gasteiger charge is 2.20. The van der Waals surface area contributed by atoms with Gasteiger partial charge in [0.15, 0.2) is 5.82 Å². The summed E-state index contributed by atoms with van der Waals surface area (Å²) in [6.07, 6.45) is 1.73. The standard InChI is InChI=1S/C18H17BrClN3O2S/c1-12-3-4-13(2)17(9-12)26(24,25)22-18-16(19)11-23(21-18)10-14-5-7-15(20)8-6-14/h3-9,11H,10H2,1-2H3,(H,21,22). The van der Waals surface area contributed by atoms with Gasteiger partial charge in [0.2, 0.25) is 0 Å². The van der Waals surface area contributed by atoms with Gasteiger partial charge in [-0.25, -0.2) is 8.42 Å². The van der Waals surface area contributed by atoms with E-state index in [9.17, 15) is 8.42 Å². The van der Waals surface area contributed by atoms with E-state index >= 15 is 0 Å². The third kappa shape index (κ3) is 4.28. The Morgan fingerprint density at radius 2 is 1.85 bits per heavy atom. The number of aryl methyl sites for hydroxylation is 2. The van der Waals surface area contributed by atoms with Crippen LogP contribution in [0.3, 0.4) is 0 Å². The van der Waals surface area contributed by atoms with Crippen molar-refractivity contribution in [3.8, 4) is 0 Å². The van der Waals surface area contributed by atoms with Crippen LogP contribution in [-0.4, -0.2) is 18.2 Å². The summed E-state index contributed by atoms with van der Waals surface area (Å²) in [4.78, 5) is 0.247. The van der Waals surface area contributed by atoms with Gasteiger partial charge in [-0.1, -0.05) is 35.9 Å². The molecule has 1 N–H and O–H groups in total. The molecule has 8 heteroatoms. The van der Waals surface area contributed by atoms with Crippen molar-refractivity contribution in [1.29, 1.82) is 0 Å². The van der Waals surface area contributed by atoms with Gasteiger partial charge < -0.3 is 0 Å². The van der Waals surface area contributed by atoms with Gasteiger partial charge in [-0.2, -0.15) is 5.10 Å². The molecule has 0 saturated carbocycles. The number of hydrogen-bond donors (Lipinski definition) is 1. The maximum atomic E-state index is 12.7. The summed E-state index contributed by atoms with van der Waals surface area (Å²) < 4.78 is 30.3. The van der Waals surface area contributed by atoms with Crippen molar-refractivity contribution in [2.24, 2.45) is 0 Å². The zero-order valence-corrected chi connectivity index (χ0v) is 17.4. The van der Waals surface area contributed by atoms with Gasteiger partial charge in [-0.15, -0.1) is 0 Å². The molecule has 26 heavy (non-hydrogen) atoms. The highest BCUT2D eigenvalue weighted by atomic mass is 79.9. The zero-order valence-electron chi connectivity index (χ0n) is 14.2. The number of halogens is 2. The highest BCUT2D eigenvalue weighted by molar-refractivity contribution is 9.10. The fraction of sp³-hybridized carbons (Fsp3) is 0.167. The van der Waals surface area contributed by atoms with Crippen molar-refractivity contribution in [3.63, 3.8) is 0 Å². The van der Waals surface area contributed by atoms with Crippen LogP contribution in [0.1, 0.15) is 16.7 Å². The molecule has 0 aliphatic heterocycles. The van der Waals surface area contributed by atoms with Crippen molar-refractivity contribution in [1.82, 2.24) is 9.78 Å². The van der Waals surface area contributed by atoms with Crippen molar-refractivity contribution in [3.05, 3.63) is 74.8 Å². The highest BCUT2D eigenvalue weighted by Crippen LogP contribution is 2.25. The molecule has 136 valence electrons. The molecule has 0 spiro atoms. The second-order valence-corrected chi connectivity index (χ2v) is 8.97. The number of anilines is 1. The minimum absolute atomic E-state index is 0.247. The van der Waals surface area contributed by atoms with Crippen molar-refractivity contribution >= 4 is 43.4 Å². The molecule has 3 aromatic rings. The second kappa shape index (κ2) is 7.42. The van der Waals surface area contributed by atoms with Gasteiger partial charge in [0.05, 0.1) is 15.9 Å². The van der Waals surface area contributed by atoms with Crippen molar-refractivity contribution < 1.29 is 8.42 Å². The lowest BCUT2D eigenvalue weighted by atomic mass is 10.2.